The van der Waals surface area contributed by atoms with Gasteiger partial charge in [0.1, 0.15) is 6.04 Å². The Morgan fingerprint density at radius 2 is 1.70 bits per heavy atom. The molecule has 2 aliphatic heterocycles. The molecular formula is C17H32ClN2+. The van der Waals surface area contributed by atoms with Gasteiger partial charge < -0.3 is 10.2 Å². The number of halogens is 1. The van der Waals surface area contributed by atoms with Crippen molar-refractivity contribution in [1.82, 2.24) is 5.32 Å². The zero-order chi connectivity index (χ0) is 13.8. The maximum atomic E-state index is 6.26. The fourth-order valence-corrected chi connectivity index (χ4v) is 5.02. The van der Waals surface area contributed by atoms with Crippen molar-refractivity contribution in [1.29, 1.82) is 0 Å². The van der Waals surface area contributed by atoms with Gasteiger partial charge in [-0.3, -0.25) is 0 Å². The number of likely N-dealkylation sites (tertiary alicyclic amines) is 1. The standard InChI is InChI=1S/C17H31ClN2/c18-15-9-7-14(8-10-15)13-20-12-4-2-6-17(20)16-5-1-3-11-19-16/h14-17,19H,1-13H2/p+1. The molecule has 0 spiro atoms. The predicted octanol–water partition coefficient (Wildman–Crippen LogP) is 2.36. The summed E-state index contributed by atoms with van der Waals surface area (Å²) in [5.74, 6) is 0.948. The van der Waals surface area contributed by atoms with Gasteiger partial charge in [-0.25, -0.2) is 0 Å². The lowest BCUT2D eigenvalue weighted by Gasteiger charge is -2.41. The molecule has 1 saturated carbocycles. The van der Waals surface area contributed by atoms with Crippen molar-refractivity contribution in [3.63, 3.8) is 0 Å². The topological polar surface area (TPSA) is 16.5 Å². The monoisotopic (exact) mass is 299 g/mol. The second kappa shape index (κ2) is 7.47. The average Bonchev–Trinajstić information content (AvgIpc) is 2.51. The zero-order valence-electron chi connectivity index (χ0n) is 12.9. The highest BCUT2D eigenvalue weighted by Crippen LogP contribution is 2.27. The Hall–Kier alpha value is 0.210. The molecule has 116 valence electrons. The second-order valence-corrected chi connectivity index (χ2v) is 8.01. The minimum atomic E-state index is 0.471. The number of rotatable bonds is 3. The molecule has 2 heterocycles. The summed E-state index contributed by atoms with van der Waals surface area (Å²) in [6.45, 7) is 4.10. The van der Waals surface area contributed by atoms with Gasteiger partial charge in [-0.05, 0) is 57.9 Å². The second-order valence-electron chi connectivity index (χ2n) is 7.39. The van der Waals surface area contributed by atoms with Crippen LogP contribution in [0.5, 0.6) is 0 Å². The molecule has 0 amide bonds. The summed E-state index contributed by atoms with van der Waals surface area (Å²) in [4.78, 5) is 1.92. The van der Waals surface area contributed by atoms with Crippen LogP contribution in [-0.4, -0.2) is 37.1 Å². The van der Waals surface area contributed by atoms with Crippen LogP contribution < -0.4 is 10.2 Å². The molecule has 0 aromatic rings. The van der Waals surface area contributed by atoms with Gasteiger partial charge in [0.05, 0.1) is 19.1 Å². The van der Waals surface area contributed by atoms with Crippen molar-refractivity contribution in [3.8, 4) is 0 Å². The van der Waals surface area contributed by atoms with E-state index in [1.165, 1.54) is 83.8 Å². The maximum Gasteiger partial charge on any atom is 0.103 e. The van der Waals surface area contributed by atoms with E-state index < -0.39 is 0 Å². The Labute approximate surface area is 129 Å². The summed E-state index contributed by atoms with van der Waals surface area (Å²) in [6.07, 6.45) is 13.9. The lowest BCUT2D eigenvalue weighted by molar-refractivity contribution is -0.935. The van der Waals surface area contributed by atoms with Crippen LogP contribution in [-0.2, 0) is 0 Å². The fraction of sp³-hybridized carbons (Fsp3) is 1.00. The van der Waals surface area contributed by atoms with Gasteiger partial charge in [0.2, 0.25) is 0 Å². The molecule has 3 rings (SSSR count). The van der Waals surface area contributed by atoms with E-state index in [-0.39, 0.29) is 0 Å². The van der Waals surface area contributed by atoms with Crippen molar-refractivity contribution >= 4 is 11.6 Å². The zero-order valence-corrected chi connectivity index (χ0v) is 13.6. The summed E-state index contributed by atoms with van der Waals surface area (Å²) >= 11 is 6.26. The normalized spacial score (nSPS) is 43.4. The lowest BCUT2D eigenvalue weighted by Crippen LogP contribution is -3.18. The third-order valence-electron chi connectivity index (χ3n) is 5.95. The molecule has 0 aromatic carbocycles. The van der Waals surface area contributed by atoms with Gasteiger partial charge >= 0.3 is 0 Å². The average molecular weight is 300 g/mol. The van der Waals surface area contributed by atoms with Crippen LogP contribution >= 0.6 is 11.6 Å². The number of alkyl halides is 1. The first-order valence-corrected chi connectivity index (χ1v) is 9.48. The van der Waals surface area contributed by atoms with Gasteiger partial charge in [-0.1, -0.05) is 6.42 Å². The maximum absolute atomic E-state index is 6.26. The molecule has 3 heteroatoms. The van der Waals surface area contributed by atoms with Crippen LogP contribution in [0.15, 0.2) is 0 Å². The lowest BCUT2D eigenvalue weighted by atomic mass is 9.85. The molecule has 0 aromatic heterocycles. The minimum Gasteiger partial charge on any atom is -0.331 e. The molecule has 20 heavy (non-hydrogen) atoms. The van der Waals surface area contributed by atoms with E-state index in [0.29, 0.717) is 5.38 Å². The van der Waals surface area contributed by atoms with Gasteiger partial charge in [0.15, 0.2) is 0 Å². The van der Waals surface area contributed by atoms with E-state index in [9.17, 15) is 0 Å². The molecule has 0 radical (unpaired) electrons. The fourth-order valence-electron chi connectivity index (χ4n) is 4.76. The van der Waals surface area contributed by atoms with E-state index in [1.807, 2.05) is 4.90 Å². The van der Waals surface area contributed by atoms with Crippen LogP contribution in [0, 0.1) is 5.92 Å². The molecule has 3 atom stereocenters. The third kappa shape index (κ3) is 3.90. The number of hydrogen-bond donors (Lipinski definition) is 2. The molecule has 1 aliphatic carbocycles. The number of hydrogen-bond acceptors (Lipinski definition) is 1. The van der Waals surface area contributed by atoms with E-state index in [2.05, 4.69) is 5.32 Å². The number of piperidine rings is 2. The molecule has 3 unspecified atom stereocenters. The quantitative estimate of drug-likeness (QED) is 0.765. The highest BCUT2D eigenvalue weighted by molar-refractivity contribution is 6.20. The van der Waals surface area contributed by atoms with E-state index in [0.717, 1.165) is 18.0 Å². The minimum absolute atomic E-state index is 0.471. The van der Waals surface area contributed by atoms with Crippen molar-refractivity contribution in [2.24, 2.45) is 5.92 Å². The van der Waals surface area contributed by atoms with E-state index in [1.54, 1.807) is 0 Å². The van der Waals surface area contributed by atoms with Crippen LogP contribution in [0.4, 0.5) is 0 Å². The molecule has 2 saturated heterocycles. The largest absolute Gasteiger partial charge is 0.331 e. The number of nitrogens with one attached hydrogen (secondary N) is 2. The van der Waals surface area contributed by atoms with Crippen LogP contribution in [0.2, 0.25) is 0 Å². The summed E-state index contributed by atoms with van der Waals surface area (Å²) in [7, 11) is 0. The van der Waals surface area contributed by atoms with Crippen molar-refractivity contribution in [2.45, 2.75) is 81.7 Å². The molecule has 0 bridgehead atoms. The summed E-state index contributed by atoms with van der Waals surface area (Å²) in [5, 5.41) is 4.29. The summed E-state index contributed by atoms with van der Waals surface area (Å²) < 4.78 is 0. The van der Waals surface area contributed by atoms with Gasteiger partial charge in [-0.15, -0.1) is 11.6 Å². The number of quaternary nitrogens is 1. The summed E-state index contributed by atoms with van der Waals surface area (Å²) in [6, 6.07) is 1.71. The Balaban J connectivity index is 1.54. The predicted molar refractivity (Wildman–Crippen MR) is 85.6 cm³/mol. The van der Waals surface area contributed by atoms with E-state index in [4.69, 9.17) is 11.6 Å². The SMILES string of the molecule is ClC1CCC(C[NH+]2CCCCC2C2CCCCN2)CC1. The Kier molecular flexibility index (Phi) is 5.64. The first kappa shape index (κ1) is 15.1. The van der Waals surface area contributed by atoms with Gasteiger partial charge in [0.25, 0.3) is 0 Å². The Bertz CT molecular complexity index is 283. The summed E-state index contributed by atoms with van der Waals surface area (Å²) in [5.41, 5.74) is 0. The van der Waals surface area contributed by atoms with Crippen molar-refractivity contribution in [2.75, 3.05) is 19.6 Å². The molecule has 3 aliphatic rings. The van der Waals surface area contributed by atoms with Crippen LogP contribution in [0.1, 0.15) is 64.2 Å². The van der Waals surface area contributed by atoms with Crippen molar-refractivity contribution < 1.29 is 4.90 Å². The highest BCUT2D eigenvalue weighted by Gasteiger charge is 2.35. The molecule has 3 fully saturated rings. The van der Waals surface area contributed by atoms with E-state index >= 15 is 0 Å². The van der Waals surface area contributed by atoms with Gasteiger partial charge in [0, 0.05) is 17.7 Å². The molecular weight excluding hydrogens is 268 g/mol. The van der Waals surface area contributed by atoms with Gasteiger partial charge in [-0.2, -0.15) is 0 Å². The highest BCUT2D eigenvalue weighted by atomic mass is 35.5. The Morgan fingerprint density at radius 3 is 2.45 bits per heavy atom. The van der Waals surface area contributed by atoms with Crippen LogP contribution in [0.25, 0.3) is 0 Å². The smallest absolute Gasteiger partial charge is 0.103 e. The van der Waals surface area contributed by atoms with Crippen LogP contribution in [0.3, 0.4) is 0 Å². The Morgan fingerprint density at radius 1 is 0.900 bits per heavy atom. The first-order valence-electron chi connectivity index (χ1n) is 9.05. The third-order valence-corrected chi connectivity index (χ3v) is 6.39. The molecule has 2 N–H and O–H groups in total. The first-order chi connectivity index (χ1) is 9.83. The van der Waals surface area contributed by atoms with Crippen molar-refractivity contribution in [3.05, 3.63) is 0 Å². The molecule has 2 nitrogen and oxygen atoms in total.